The molecule has 0 radical (unpaired) electrons. The van der Waals surface area contributed by atoms with Gasteiger partial charge in [0.25, 0.3) is 0 Å². The Hall–Kier alpha value is -2.83. The molecule has 29 heavy (non-hydrogen) atoms. The molecule has 146 valence electrons. The number of hydrogen-bond donors (Lipinski definition) is 2. The van der Waals surface area contributed by atoms with E-state index in [1.54, 1.807) is 0 Å². The van der Waals surface area contributed by atoms with Crippen molar-refractivity contribution in [2.75, 3.05) is 11.9 Å². The molecule has 0 bridgehead atoms. The van der Waals surface area contributed by atoms with E-state index in [2.05, 4.69) is 33.4 Å². The minimum atomic E-state index is -1.19. The number of anilines is 1. The summed E-state index contributed by atoms with van der Waals surface area (Å²) < 4.78 is 5.95. The number of benzene rings is 3. The van der Waals surface area contributed by atoms with Crippen molar-refractivity contribution in [3.8, 4) is 11.1 Å². The highest BCUT2D eigenvalue weighted by Gasteiger charge is 2.29. The standard InChI is InChI=1S/C22H15BrClNO4/c23-12-9-17(21(26)27)20(24)19(10-12)25-22(28)29-11-18-15-7-3-1-5-13(15)14-6-2-4-8-16(14)18/h1-10,18H,11H2,(H,25,28)(H,26,27). The van der Waals surface area contributed by atoms with Crippen molar-refractivity contribution >= 4 is 45.3 Å². The predicted octanol–water partition coefficient (Wildman–Crippen LogP) is 6.16. The highest BCUT2D eigenvalue weighted by molar-refractivity contribution is 9.10. The third-order valence-electron chi connectivity index (χ3n) is 4.85. The van der Waals surface area contributed by atoms with E-state index >= 15 is 0 Å². The van der Waals surface area contributed by atoms with Crippen LogP contribution in [0.2, 0.25) is 5.02 Å². The number of fused-ring (bicyclic) bond motifs is 3. The van der Waals surface area contributed by atoms with E-state index in [0.717, 1.165) is 22.3 Å². The molecule has 0 saturated carbocycles. The van der Waals surface area contributed by atoms with Crippen molar-refractivity contribution in [2.45, 2.75) is 5.92 Å². The Balaban J connectivity index is 1.52. The van der Waals surface area contributed by atoms with Crippen LogP contribution in [0.3, 0.4) is 0 Å². The number of carbonyl (C=O) groups is 2. The van der Waals surface area contributed by atoms with Gasteiger partial charge < -0.3 is 9.84 Å². The zero-order valence-electron chi connectivity index (χ0n) is 15.0. The van der Waals surface area contributed by atoms with E-state index in [0.29, 0.717) is 4.47 Å². The van der Waals surface area contributed by atoms with Gasteiger partial charge in [0.1, 0.15) is 6.61 Å². The van der Waals surface area contributed by atoms with Gasteiger partial charge >= 0.3 is 12.1 Å². The molecule has 0 atom stereocenters. The van der Waals surface area contributed by atoms with Crippen molar-refractivity contribution in [2.24, 2.45) is 0 Å². The maximum atomic E-state index is 12.4. The molecule has 7 heteroatoms. The zero-order valence-corrected chi connectivity index (χ0v) is 17.3. The zero-order chi connectivity index (χ0) is 20.5. The van der Waals surface area contributed by atoms with Gasteiger partial charge in [0, 0.05) is 10.4 Å². The molecule has 1 amide bonds. The van der Waals surface area contributed by atoms with E-state index in [1.165, 1.54) is 12.1 Å². The van der Waals surface area contributed by atoms with Crippen LogP contribution in [-0.2, 0) is 4.74 Å². The number of halogens is 2. The molecular formula is C22H15BrClNO4. The Bertz CT molecular complexity index is 1090. The van der Waals surface area contributed by atoms with Crippen LogP contribution < -0.4 is 5.32 Å². The van der Waals surface area contributed by atoms with Crippen molar-refractivity contribution in [1.29, 1.82) is 0 Å². The highest BCUT2D eigenvalue weighted by atomic mass is 79.9. The Morgan fingerprint density at radius 1 is 1.03 bits per heavy atom. The second-order valence-corrected chi connectivity index (χ2v) is 7.86. The number of nitrogens with one attached hydrogen (secondary N) is 1. The number of carboxylic acid groups (broad SMARTS) is 1. The Morgan fingerprint density at radius 3 is 2.21 bits per heavy atom. The monoisotopic (exact) mass is 471 g/mol. The molecular weight excluding hydrogens is 458 g/mol. The van der Waals surface area contributed by atoms with Crippen LogP contribution in [0.4, 0.5) is 10.5 Å². The summed E-state index contributed by atoms with van der Waals surface area (Å²) in [5, 5.41) is 11.7. The molecule has 0 heterocycles. The maximum absolute atomic E-state index is 12.4. The summed E-state index contributed by atoms with van der Waals surface area (Å²) in [5.41, 5.74) is 4.53. The quantitative estimate of drug-likeness (QED) is 0.477. The maximum Gasteiger partial charge on any atom is 0.411 e. The number of carboxylic acids is 1. The van der Waals surface area contributed by atoms with Crippen LogP contribution in [0.5, 0.6) is 0 Å². The van der Waals surface area contributed by atoms with Crippen LogP contribution in [0.15, 0.2) is 65.1 Å². The van der Waals surface area contributed by atoms with E-state index < -0.39 is 12.1 Å². The van der Waals surface area contributed by atoms with Crippen LogP contribution in [0.1, 0.15) is 27.4 Å². The number of rotatable bonds is 4. The number of hydrogen-bond acceptors (Lipinski definition) is 3. The number of carbonyl (C=O) groups excluding carboxylic acids is 1. The van der Waals surface area contributed by atoms with Gasteiger partial charge in [-0.1, -0.05) is 76.1 Å². The second kappa shape index (κ2) is 7.89. The Kier molecular flexibility index (Phi) is 5.30. The summed E-state index contributed by atoms with van der Waals surface area (Å²) in [5.74, 6) is -1.26. The van der Waals surface area contributed by atoms with Gasteiger partial charge in [-0.05, 0) is 34.4 Å². The Labute approximate surface area is 180 Å². The third kappa shape index (κ3) is 3.73. The lowest BCUT2D eigenvalue weighted by Gasteiger charge is -2.15. The molecule has 1 aliphatic carbocycles. The van der Waals surface area contributed by atoms with Gasteiger partial charge in [-0.15, -0.1) is 0 Å². The molecule has 0 saturated heterocycles. The van der Waals surface area contributed by atoms with Crippen molar-refractivity contribution in [3.63, 3.8) is 0 Å². The van der Waals surface area contributed by atoms with Crippen LogP contribution in [0.25, 0.3) is 11.1 Å². The minimum Gasteiger partial charge on any atom is -0.478 e. The largest absolute Gasteiger partial charge is 0.478 e. The third-order valence-corrected chi connectivity index (χ3v) is 5.71. The highest BCUT2D eigenvalue weighted by Crippen LogP contribution is 2.44. The minimum absolute atomic E-state index is 0.0609. The van der Waals surface area contributed by atoms with E-state index in [-0.39, 0.29) is 28.8 Å². The normalized spacial score (nSPS) is 12.2. The molecule has 0 aromatic heterocycles. The molecule has 3 aromatic rings. The van der Waals surface area contributed by atoms with Crippen molar-refractivity contribution in [1.82, 2.24) is 0 Å². The molecule has 2 N–H and O–H groups in total. The van der Waals surface area contributed by atoms with Crippen LogP contribution in [-0.4, -0.2) is 23.8 Å². The molecule has 0 fully saturated rings. The first kappa shape index (κ1) is 19.5. The lowest BCUT2D eigenvalue weighted by atomic mass is 9.98. The summed E-state index contributed by atoms with van der Waals surface area (Å²) in [7, 11) is 0. The lowest BCUT2D eigenvalue weighted by molar-refractivity contribution is 0.0697. The fourth-order valence-corrected chi connectivity index (χ4v) is 4.28. The fourth-order valence-electron chi connectivity index (χ4n) is 3.58. The van der Waals surface area contributed by atoms with E-state index in [4.69, 9.17) is 16.3 Å². The van der Waals surface area contributed by atoms with Gasteiger partial charge in [0.05, 0.1) is 16.3 Å². The fraction of sp³-hybridized carbons (Fsp3) is 0.0909. The molecule has 3 aromatic carbocycles. The molecule has 1 aliphatic rings. The van der Waals surface area contributed by atoms with E-state index in [9.17, 15) is 14.7 Å². The average molecular weight is 473 g/mol. The van der Waals surface area contributed by atoms with Crippen LogP contribution >= 0.6 is 27.5 Å². The summed E-state index contributed by atoms with van der Waals surface area (Å²) >= 11 is 9.33. The van der Waals surface area contributed by atoms with Gasteiger partial charge in [-0.3, -0.25) is 5.32 Å². The Morgan fingerprint density at radius 2 is 1.62 bits per heavy atom. The molecule has 0 spiro atoms. The topological polar surface area (TPSA) is 75.6 Å². The van der Waals surface area contributed by atoms with Crippen molar-refractivity contribution < 1.29 is 19.4 Å². The second-order valence-electron chi connectivity index (χ2n) is 6.57. The molecule has 4 rings (SSSR count). The molecule has 0 aliphatic heterocycles. The number of amides is 1. The molecule has 0 unspecified atom stereocenters. The smallest absolute Gasteiger partial charge is 0.411 e. The molecule has 5 nitrogen and oxygen atoms in total. The summed E-state index contributed by atoms with van der Waals surface area (Å²) in [4.78, 5) is 23.7. The summed E-state index contributed by atoms with van der Waals surface area (Å²) in [6.07, 6.45) is -0.705. The van der Waals surface area contributed by atoms with E-state index in [1.807, 2.05) is 36.4 Å². The summed E-state index contributed by atoms with van der Waals surface area (Å²) in [6, 6.07) is 19.0. The number of ether oxygens (including phenoxy) is 1. The van der Waals surface area contributed by atoms with Crippen molar-refractivity contribution in [3.05, 3.63) is 86.8 Å². The first-order valence-corrected chi connectivity index (χ1v) is 9.97. The van der Waals surface area contributed by atoms with Gasteiger partial charge in [-0.25, -0.2) is 9.59 Å². The van der Waals surface area contributed by atoms with Gasteiger partial charge in [0.15, 0.2) is 0 Å². The van der Waals surface area contributed by atoms with Crippen LogP contribution in [0, 0.1) is 0 Å². The average Bonchev–Trinajstić information content (AvgIpc) is 3.02. The predicted molar refractivity (Wildman–Crippen MR) is 115 cm³/mol. The summed E-state index contributed by atoms with van der Waals surface area (Å²) in [6.45, 7) is 0.150. The first-order chi connectivity index (χ1) is 14.0. The van der Waals surface area contributed by atoms with Gasteiger partial charge in [-0.2, -0.15) is 0 Å². The van der Waals surface area contributed by atoms with Gasteiger partial charge in [0.2, 0.25) is 0 Å². The SMILES string of the molecule is O=C(Nc1cc(Br)cc(C(=O)O)c1Cl)OCC1c2ccccc2-c2ccccc21. The lowest BCUT2D eigenvalue weighted by Crippen LogP contribution is -2.18. The first-order valence-electron chi connectivity index (χ1n) is 8.80. The number of aromatic carboxylic acids is 1.